The number of likely N-dealkylation sites (tertiary alicyclic amines) is 1. The Bertz CT molecular complexity index is 600. The van der Waals surface area contributed by atoms with E-state index in [9.17, 15) is 0 Å². The number of nitrogens with zero attached hydrogens (tertiary/aromatic N) is 3. The molecule has 1 aromatic heterocycles. The Morgan fingerprint density at radius 2 is 2.05 bits per heavy atom. The van der Waals surface area contributed by atoms with E-state index >= 15 is 0 Å². The van der Waals surface area contributed by atoms with Crippen LogP contribution in [-0.2, 0) is 6.54 Å². The number of benzene rings is 1. The first kappa shape index (κ1) is 14.1. The summed E-state index contributed by atoms with van der Waals surface area (Å²) in [6.07, 6.45) is 2.52. The Kier molecular flexibility index (Phi) is 4.50. The lowest BCUT2D eigenvalue weighted by Crippen LogP contribution is -2.39. The maximum absolute atomic E-state index is 4.70. The van der Waals surface area contributed by atoms with E-state index in [-0.39, 0.29) is 0 Å². The van der Waals surface area contributed by atoms with E-state index in [0.717, 1.165) is 36.3 Å². The van der Waals surface area contributed by atoms with Crippen LogP contribution >= 0.6 is 11.3 Å². The lowest BCUT2D eigenvalue weighted by Gasteiger charge is -2.20. The quantitative estimate of drug-likeness (QED) is 0.700. The van der Waals surface area contributed by atoms with Gasteiger partial charge in [-0.3, -0.25) is 4.99 Å². The van der Waals surface area contributed by atoms with Crippen molar-refractivity contribution in [2.24, 2.45) is 4.99 Å². The molecule has 0 radical (unpaired) electrons. The van der Waals surface area contributed by atoms with E-state index in [0.29, 0.717) is 0 Å². The molecule has 1 saturated heterocycles. The van der Waals surface area contributed by atoms with Crippen LogP contribution in [0, 0.1) is 0 Å². The topological polar surface area (TPSA) is 40.5 Å². The molecule has 1 aliphatic rings. The molecule has 2 heterocycles. The lowest BCUT2D eigenvalue weighted by molar-refractivity contribution is 0.493. The molecule has 0 amide bonds. The van der Waals surface area contributed by atoms with Crippen LogP contribution in [0.5, 0.6) is 0 Å². The summed E-state index contributed by atoms with van der Waals surface area (Å²) in [4.78, 5) is 11.4. The molecule has 3 rings (SSSR count). The number of hydrogen-bond acceptors (Lipinski definition) is 3. The van der Waals surface area contributed by atoms with Gasteiger partial charge in [0.25, 0.3) is 0 Å². The van der Waals surface area contributed by atoms with Crippen molar-refractivity contribution in [3.05, 3.63) is 41.4 Å². The molecule has 1 N–H and O–H groups in total. The van der Waals surface area contributed by atoms with Crippen LogP contribution in [0.25, 0.3) is 10.6 Å². The SMILES string of the molecule is CN=C(NCc1csc(-c2ccccc2)n1)N1CCCC1. The number of rotatable bonds is 3. The average Bonchev–Trinajstić information content (AvgIpc) is 3.20. The highest BCUT2D eigenvalue weighted by atomic mass is 32.1. The summed E-state index contributed by atoms with van der Waals surface area (Å²) in [5.74, 6) is 0.988. The fourth-order valence-electron chi connectivity index (χ4n) is 2.53. The number of hydrogen-bond donors (Lipinski definition) is 1. The van der Waals surface area contributed by atoms with Crippen molar-refractivity contribution in [1.29, 1.82) is 0 Å². The van der Waals surface area contributed by atoms with Gasteiger partial charge in [0.05, 0.1) is 12.2 Å². The van der Waals surface area contributed by atoms with Gasteiger partial charge in [0.1, 0.15) is 5.01 Å². The summed E-state index contributed by atoms with van der Waals surface area (Å²) in [6.45, 7) is 2.94. The van der Waals surface area contributed by atoms with Gasteiger partial charge in [0, 0.05) is 31.1 Å². The van der Waals surface area contributed by atoms with Crippen LogP contribution in [0.4, 0.5) is 0 Å². The Labute approximate surface area is 129 Å². The van der Waals surface area contributed by atoms with E-state index in [4.69, 9.17) is 4.98 Å². The van der Waals surface area contributed by atoms with Gasteiger partial charge in [-0.1, -0.05) is 30.3 Å². The first-order valence-electron chi connectivity index (χ1n) is 7.32. The molecule has 0 bridgehead atoms. The van der Waals surface area contributed by atoms with Crippen molar-refractivity contribution in [2.45, 2.75) is 19.4 Å². The van der Waals surface area contributed by atoms with Gasteiger partial charge < -0.3 is 10.2 Å². The van der Waals surface area contributed by atoms with Crippen molar-refractivity contribution in [2.75, 3.05) is 20.1 Å². The maximum atomic E-state index is 4.70. The predicted octanol–water partition coefficient (Wildman–Crippen LogP) is 2.98. The summed E-state index contributed by atoms with van der Waals surface area (Å²) in [5.41, 5.74) is 2.25. The van der Waals surface area contributed by atoms with E-state index in [1.807, 2.05) is 25.2 Å². The Morgan fingerprint density at radius 1 is 1.29 bits per heavy atom. The van der Waals surface area contributed by atoms with Gasteiger partial charge in [-0.25, -0.2) is 4.98 Å². The van der Waals surface area contributed by atoms with Crippen molar-refractivity contribution < 1.29 is 0 Å². The molecule has 21 heavy (non-hydrogen) atoms. The molecule has 2 aromatic rings. The zero-order chi connectivity index (χ0) is 14.5. The zero-order valence-electron chi connectivity index (χ0n) is 12.2. The van der Waals surface area contributed by atoms with Gasteiger partial charge in [0.15, 0.2) is 5.96 Å². The van der Waals surface area contributed by atoms with Crippen molar-refractivity contribution in [3.63, 3.8) is 0 Å². The Balaban J connectivity index is 1.62. The third kappa shape index (κ3) is 3.42. The molecule has 0 atom stereocenters. The minimum absolute atomic E-state index is 0.729. The second-order valence-electron chi connectivity index (χ2n) is 5.10. The number of aromatic nitrogens is 1. The van der Waals surface area contributed by atoms with Crippen molar-refractivity contribution in [3.8, 4) is 10.6 Å². The first-order chi connectivity index (χ1) is 10.4. The number of thiazole rings is 1. The van der Waals surface area contributed by atoms with Gasteiger partial charge in [-0.15, -0.1) is 11.3 Å². The molecule has 110 valence electrons. The molecule has 0 saturated carbocycles. The molecule has 1 aliphatic heterocycles. The molecule has 4 nitrogen and oxygen atoms in total. The van der Waals surface area contributed by atoms with Gasteiger partial charge >= 0.3 is 0 Å². The maximum Gasteiger partial charge on any atom is 0.193 e. The predicted molar refractivity (Wildman–Crippen MR) is 88.6 cm³/mol. The van der Waals surface area contributed by atoms with Crippen molar-refractivity contribution >= 4 is 17.3 Å². The highest BCUT2D eigenvalue weighted by molar-refractivity contribution is 7.13. The second-order valence-corrected chi connectivity index (χ2v) is 5.96. The van der Waals surface area contributed by atoms with Crippen molar-refractivity contribution in [1.82, 2.24) is 15.2 Å². The molecule has 0 spiro atoms. The Morgan fingerprint density at radius 3 is 2.76 bits per heavy atom. The van der Waals surface area contributed by atoms with Gasteiger partial charge in [-0.05, 0) is 12.8 Å². The van der Waals surface area contributed by atoms with E-state index in [2.05, 4.69) is 32.7 Å². The largest absolute Gasteiger partial charge is 0.351 e. The molecule has 1 fully saturated rings. The van der Waals surface area contributed by atoms with E-state index in [1.165, 1.54) is 18.4 Å². The van der Waals surface area contributed by atoms with Crippen LogP contribution in [0.1, 0.15) is 18.5 Å². The number of aliphatic imine (C=N–C) groups is 1. The molecular weight excluding hydrogens is 280 g/mol. The monoisotopic (exact) mass is 300 g/mol. The summed E-state index contributed by atoms with van der Waals surface area (Å²) in [6, 6.07) is 10.3. The minimum Gasteiger partial charge on any atom is -0.351 e. The number of guanidine groups is 1. The Hall–Kier alpha value is -1.88. The standard InChI is InChI=1S/C16H20N4S/c1-17-16(20-9-5-6-10-20)18-11-14-12-21-15(19-14)13-7-3-2-4-8-13/h2-4,7-8,12H,5-6,9-11H2,1H3,(H,17,18). The summed E-state index contributed by atoms with van der Waals surface area (Å²) < 4.78 is 0. The zero-order valence-corrected chi connectivity index (χ0v) is 13.1. The van der Waals surface area contributed by atoms with Gasteiger partial charge in [0.2, 0.25) is 0 Å². The highest BCUT2D eigenvalue weighted by Crippen LogP contribution is 2.23. The van der Waals surface area contributed by atoms with Crippen LogP contribution in [0.3, 0.4) is 0 Å². The van der Waals surface area contributed by atoms with E-state index in [1.54, 1.807) is 11.3 Å². The van der Waals surface area contributed by atoms with Crippen LogP contribution in [0.15, 0.2) is 40.7 Å². The van der Waals surface area contributed by atoms with Crippen LogP contribution in [0.2, 0.25) is 0 Å². The highest BCUT2D eigenvalue weighted by Gasteiger charge is 2.15. The average molecular weight is 300 g/mol. The van der Waals surface area contributed by atoms with Crippen LogP contribution in [-0.4, -0.2) is 36.0 Å². The molecule has 0 aliphatic carbocycles. The fraction of sp³-hybridized carbons (Fsp3) is 0.375. The third-order valence-electron chi connectivity index (χ3n) is 3.62. The minimum atomic E-state index is 0.729. The van der Waals surface area contributed by atoms with E-state index < -0.39 is 0 Å². The molecule has 5 heteroatoms. The van der Waals surface area contributed by atoms with Gasteiger partial charge in [-0.2, -0.15) is 0 Å². The smallest absolute Gasteiger partial charge is 0.193 e. The summed E-state index contributed by atoms with van der Waals surface area (Å²) >= 11 is 1.69. The first-order valence-corrected chi connectivity index (χ1v) is 8.20. The summed E-state index contributed by atoms with van der Waals surface area (Å²) in [7, 11) is 1.84. The molecular formula is C16H20N4S. The van der Waals surface area contributed by atoms with Crippen LogP contribution < -0.4 is 5.32 Å². The second kappa shape index (κ2) is 6.72. The normalized spacial score (nSPS) is 15.5. The number of nitrogens with one attached hydrogen (secondary N) is 1. The molecule has 0 unspecified atom stereocenters. The summed E-state index contributed by atoms with van der Waals surface area (Å²) in [5, 5.41) is 6.60. The fourth-order valence-corrected chi connectivity index (χ4v) is 3.36. The third-order valence-corrected chi connectivity index (χ3v) is 4.56. The molecule has 1 aromatic carbocycles. The lowest BCUT2D eigenvalue weighted by atomic mass is 10.2.